The first-order valence-corrected chi connectivity index (χ1v) is 6.19. The van der Waals surface area contributed by atoms with E-state index in [2.05, 4.69) is 20.5 Å². The zero-order valence-corrected chi connectivity index (χ0v) is 11.6. The number of aromatic amines is 1. The number of H-pyrrole nitrogens is 1. The molecule has 8 nitrogen and oxygen atoms in total. The van der Waals surface area contributed by atoms with E-state index in [1.54, 1.807) is 14.0 Å². The number of urea groups is 1. The number of carbonyl (C=O) groups excluding carboxylic acids is 1. The highest BCUT2D eigenvalue weighted by molar-refractivity contribution is 5.91. The summed E-state index contributed by atoms with van der Waals surface area (Å²) in [5.74, 6) is 0.194. The van der Waals surface area contributed by atoms with Crippen LogP contribution in [0.1, 0.15) is 22.0 Å². The molecule has 0 bridgehead atoms. The van der Waals surface area contributed by atoms with E-state index in [1.807, 2.05) is 0 Å². The van der Waals surface area contributed by atoms with E-state index in [-0.39, 0.29) is 18.1 Å². The van der Waals surface area contributed by atoms with Crippen LogP contribution in [0.5, 0.6) is 0 Å². The fourth-order valence-corrected chi connectivity index (χ4v) is 1.66. The molecule has 0 spiro atoms. The predicted molar refractivity (Wildman–Crippen MR) is 75.0 cm³/mol. The molecule has 110 valence electrons. The van der Waals surface area contributed by atoms with Crippen LogP contribution in [0.2, 0.25) is 0 Å². The summed E-state index contributed by atoms with van der Waals surface area (Å²) in [5.41, 5.74) is 0.681. The highest BCUT2D eigenvalue weighted by Crippen LogP contribution is 2.10. The molecule has 0 unspecified atom stereocenters. The van der Waals surface area contributed by atoms with Crippen LogP contribution >= 0.6 is 0 Å². The van der Waals surface area contributed by atoms with Gasteiger partial charge in [0.15, 0.2) is 5.82 Å². The molecule has 0 aliphatic carbocycles. The molecule has 1 heterocycles. The Balaban J connectivity index is 1.95. The Hall–Kier alpha value is -2.90. The van der Waals surface area contributed by atoms with Crippen LogP contribution in [-0.2, 0) is 6.54 Å². The first-order chi connectivity index (χ1) is 9.95. The van der Waals surface area contributed by atoms with E-state index in [0.29, 0.717) is 17.3 Å². The van der Waals surface area contributed by atoms with Crippen LogP contribution in [0.4, 0.5) is 10.5 Å². The molecular weight excluding hydrogens is 274 g/mol. The summed E-state index contributed by atoms with van der Waals surface area (Å²) in [4.78, 5) is 28.3. The number of rotatable bonds is 4. The maximum atomic E-state index is 12.0. The van der Waals surface area contributed by atoms with Crippen molar-refractivity contribution < 1.29 is 14.7 Å². The van der Waals surface area contributed by atoms with Crippen LogP contribution in [0.25, 0.3) is 0 Å². The Kier molecular flexibility index (Phi) is 4.17. The molecule has 0 radical (unpaired) electrons. The van der Waals surface area contributed by atoms with E-state index >= 15 is 0 Å². The molecule has 0 aliphatic rings. The van der Waals surface area contributed by atoms with E-state index in [9.17, 15) is 9.59 Å². The molecule has 1 aromatic heterocycles. The van der Waals surface area contributed by atoms with Crippen molar-refractivity contribution in [3.8, 4) is 0 Å². The highest BCUT2D eigenvalue weighted by atomic mass is 16.4. The Morgan fingerprint density at radius 3 is 2.52 bits per heavy atom. The van der Waals surface area contributed by atoms with Gasteiger partial charge in [-0.2, -0.15) is 5.10 Å². The quantitative estimate of drug-likeness (QED) is 0.789. The number of carboxylic acids is 1. The molecule has 0 saturated heterocycles. The Morgan fingerprint density at radius 1 is 1.33 bits per heavy atom. The lowest BCUT2D eigenvalue weighted by atomic mass is 10.2. The number of carboxylic acid groups (broad SMARTS) is 1. The lowest BCUT2D eigenvalue weighted by Crippen LogP contribution is -2.31. The molecule has 0 aliphatic heterocycles. The summed E-state index contributed by atoms with van der Waals surface area (Å²) < 4.78 is 0. The fraction of sp³-hybridized carbons (Fsp3) is 0.231. The molecule has 21 heavy (non-hydrogen) atoms. The Labute approximate surface area is 120 Å². The van der Waals surface area contributed by atoms with Gasteiger partial charge in [0, 0.05) is 12.7 Å². The minimum absolute atomic E-state index is 0.164. The molecule has 8 heteroatoms. The molecular formula is C13H15N5O3. The van der Waals surface area contributed by atoms with Crippen molar-refractivity contribution in [3.63, 3.8) is 0 Å². The van der Waals surface area contributed by atoms with Crippen LogP contribution < -0.4 is 5.32 Å². The number of aromatic nitrogens is 3. The zero-order chi connectivity index (χ0) is 15.4. The third-order valence-corrected chi connectivity index (χ3v) is 2.75. The summed E-state index contributed by atoms with van der Waals surface area (Å²) in [6, 6.07) is 5.59. The number of hydrogen-bond donors (Lipinski definition) is 3. The van der Waals surface area contributed by atoms with Gasteiger partial charge in [-0.25, -0.2) is 14.6 Å². The lowest BCUT2D eigenvalue weighted by molar-refractivity contribution is 0.0697. The monoisotopic (exact) mass is 289 g/mol. The molecule has 2 aromatic rings. The van der Waals surface area contributed by atoms with Gasteiger partial charge in [0.1, 0.15) is 5.82 Å². The summed E-state index contributed by atoms with van der Waals surface area (Å²) in [6.45, 7) is 2.05. The standard InChI is InChI=1S/C13H15N5O3/c1-8-14-11(17-16-8)7-18(2)13(21)15-10-5-3-9(4-6-10)12(19)20/h3-6H,7H2,1-2H3,(H,15,21)(H,19,20)(H,14,16,17). The second-order valence-corrected chi connectivity index (χ2v) is 4.51. The van der Waals surface area contributed by atoms with Crippen LogP contribution in [-0.4, -0.2) is 44.2 Å². The summed E-state index contributed by atoms with van der Waals surface area (Å²) in [6.07, 6.45) is 0. The van der Waals surface area contributed by atoms with Gasteiger partial charge in [0.05, 0.1) is 12.1 Å². The molecule has 1 aromatic carbocycles. The van der Waals surface area contributed by atoms with Gasteiger partial charge in [-0.3, -0.25) is 5.10 Å². The lowest BCUT2D eigenvalue weighted by Gasteiger charge is -2.16. The number of benzene rings is 1. The second-order valence-electron chi connectivity index (χ2n) is 4.51. The second kappa shape index (κ2) is 6.04. The number of aryl methyl sites for hydroxylation is 1. The number of nitrogens with one attached hydrogen (secondary N) is 2. The first kappa shape index (κ1) is 14.5. The third kappa shape index (κ3) is 3.78. The van der Waals surface area contributed by atoms with Gasteiger partial charge in [0.25, 0.3) is 0 Å². The Morgan fingerprint density at radius 2 is 2.00 bits per heavy atom. The number of carbonyl (C=O) groups is 2. The van der Waals surface area contributed by atoms with Crippen molar-refractivity contribution in [2.75, 3.05) is 12.4 Å². The average Bonchev–Trinajstić information content (AvgIpc) is 2.84. The SMILES string of the molecule is Cc1nc(CN(C)C(=O)Nc2ccc(C(=O)O)cc2)n[nH]1. The Bertz CT molecular complexity index is 650. The third-order valence-electron chi connectivity index (χ3n) is 2.75. The fourth-order valence-electron chi connectivity index (χ4n) is 1.66. The minimum Gasteiger partial charge on any atom is -0.478 e. The van der Waals surface area contributed by atoms with E-state index in [0.717, 1.165) is 0 Å². The maximum Gasteiger partial charge on any atom is 0.335 e. The molecule has 0 saturated carbocycles. The van der Waals surface area contributed by atoms with Gasteiger partial charge in [-0.05, 0) is 31.2 Å². The topological polar surface area (TPSA) is 111 Å². The van der Waals surface area contributed by atoms with Crippen LogP contribution in [0.3, 0.4) is 0 Å². The van der Waals surface area contributed by atoms with Crippen LogP contribution in [0, 0.1) is 6.92 Å². The molecule has 2 rings (SSSR count). The molecule has 3 N–H and O–H groups in total. The van der Waals surface area contributed by atoms with Crippen molar-refractivity contribution in [3.05, 3.63) is 41.5 Å². The zero-order valence-electron chi connectivity index (χ0n) is 11.6. The van der Waals surface area contributed by atoms with Crippen molar-refractivity contribution in [2.24, 2.45) is 0 Å². The van der Waals surface area contributed by atoms with E-state index in [4.69, 9.17) is 5.11 Å². The summed E-state index contributed by atoms with van der Waals surface area (Å²) in [5, 5.41) is 18.1. The first-order valence-electron chi connectivity index (χ1n) is 6.19. The number of aromatic carboxylic acids is 1. The number of nitrogens with zero attached hydrogens (tertiary/aromatic N) is 3. The van der Waals surface area contributed by atoms with Crippen molar-refractivity contribution >= 4 is 17.7 Å². The summed E-state index contributed by atoms with van der Waals surface area (Å²) in [7, 11) is 1.62. The van der Waals surface area contributed by atoms with E-state index < -0.39 is 5.97 Å². The number of amides is 2. The largest absolute Gasteiger partial charge is 0.478 e. The van der Waals surface area contributed by atoms with Crippen molar-refractivity contribution in [1.82, 2.24) is 20.1 Å². The number of anilines is 1. The molecule has 2 amide bonds. The average molecular weight is 289 g/mol. The van der Waals surface area contributed by atoms with Crippen molar-refractivity contribution in [1.29, 1.82) is 0 Å². The van der Waals surface area contributed by atoms with Gasteiger partial charge in [-0.15, -0.1) is 0 Å². The van der Waals surface area contributed by atoms with Gasteiger partial charge in [-0.1, -0.05) is 0 Å². The van der Waals surface area contributed by atoms with E-state index in [1.165, 1.54) is 29.2 Å². The highest BCUT2D eigenvalue weighted by Gasteiger charge is 2.12. The van der Waals surface area contributed by atoms with Crippen molar-refractivity contribution in [2.45, 2.75) is 13.5 Å². The minimum atomic E-state index is -1.01. The maximum absolute atomic E-state index is 12.0. The smallest absolute Gasteiger partial charge is 0.335 e. The molecule has 0 fully saturated rings. The molecule has 0 atom stereocenters. The van der Waals surface area contributed by atoms with Crippen LogP contribution in [0.15, 0.2) is 24.3 Å². The normalized spacial score (nSPS) is 10.2. The van der Waals surface area contributed by atoms with Gasteiger partial charge >= 0.3 is 12.0 Å². The number of hydrogen-bond acceptors (Lipinski definition) is 4. The predicted octanol–water partition coefficient (Wildman–Crippen LogP) is 1.48. The van der Waals surface area contributed by atoms with Gasteiger partial charge < -0.3 is 15.3 Å². The van der Waals surface area contributed by atoms with Gasteiger partial charge in [0.2, 0.25) is 0 Å². The summed E-state index contributed by atoms with van der Waals surface area (Å²) >= 11 is 0.